The number of hydrogen-bond acceptors (Lipinski definition) is 6. The van der Waals surface area contributed by atoms with E-state index in [-0.39, 0.29) is 6.42 Å². The molecule has 0 atom stereocenters. The van der Waals surface area contributed by atoms with Gasteiger partial charge in [-0.1, -0.05) is 35.9 Å². The maximum Gasteiger partial charge on any atom is 0.188 e. The maximum atomic E-state index is 11.2. The molecule has 0 bridgehead atoms. The molecule has 134 valence electrons. The van der Waals surface area contributed by atoms with E-state index in [0.29, 0.717) is 21.5 Å². The fourth-order valence-electron chi connectivity index (χ4n) is 2.81. The SMILES string of the molecule is COc1ccccc1Nc1nc(-c2ccc(C)cc2C)c(CC(=O)[O-])s1. The topological polar surface area (TPSA) is 74.3 Å². The number of aryl methyl sites for hydroxylation is 2. The van der Waals surface area contributed by atoms with Crippen molar-refractivity contribution in [1.82, 2.24) is 4.98 Å². The highest BCUT2D eigenvalue weighted by molar-refractivity contribution is 7.16. The van der Waals surface area contributed by atoms with Crippen molar-refractivity contribution in [3.63, 3.8) is 0 Å². The third kappa shape index (κ3) is 3.86. The Bertz CT molecular complexity index is 950. The zero-order chi connectivity index (χ0) is 18.7. The van der Waals surface area contributed by atoms with Crippen LogP contribution in [0, 0.1) is 13.8 Å². The molecule has 0 aliphatic carbocycles. The molecule has 0 radical (unpaired) electrons. The number of carbonyl (C=O) groups excluding carboxylic acids is 1. The van der Waals surface area contributed by atoms with Gasteiger partial charge in [-0.15, -0.1) is 11.3 Å². The summed E-state index contributed by atoms with van der Waals surface area (Å²) in [6.45, 7) is 4.02. The van der Waals surface area contributed by atoms with E-state index in [4.69, 9.17) is 4.74 Å². The molecule has 0 fully saturated rings. The lowest BCUT2D eigenvalue weighted by atomic mass is 10.0. The predicted octanol–water partition coefficient (Wildman–Crippen LogP) is 3.47. The number of methoxy groups -OCH3 is 1. The first-order chi connectivity index (χ1) is 12.5. The summed E-state index contributed by atoms with van der Waals surface area (Å²) < 4.78 is 5.35. The average Bonchev–Trinajstić information content (AvgIpc) is 2.96. The second-order valence-corrected chi connectivity index (χ2v) is 7.07. The molecule has 1 N–H and O–H groups in total. The van der Waals surface area contributed by atoms with E-state index in [2.05, 4.69) is 16.4 Å². The Morgan fingerprint density at radius 1 is 1.23 bits per heavy atom. The van der Waals surface area contributed by atoms with E-state index in [1.54, 1.807) is 7.11 Å². The first-order valence-electron chi connectivity index (χ1n) is 8.15. The number of anilines is 2. The van der Waals surface area contributed by atoms with Crippen LogP contribution >= 0.6 is 11.3 Å². The van der Waals surface area contributed by atoms with Crippen LogP contribution in [0.2, 0.25) is 0 Å². The number of hydrogen-bond donors (Lipinski definition) is 1. The number of aromatic nitrogens is 1. The van der Waals surface area contributed by atoms with Crippen molar-refractivity contribution in [2.75, 3.05) is 12.4 Å². The summed E-state index contributed by atoms with van der Waals surface area (Å²) >= 11 is 1.31. The summed E-state index contributed by atoms with van der Waals surface area (Å²) in [5.74, 6) is -0.430. The van der Waals surface area contributed by atoms with Gasteiger partial charge in [0, 0.05) is 22.8 Å². The number of ether oxygens (including phenoxy) is 1. The van der Waals surface area contributed by atoms with Gasteiger partial charge in [0.2, 0.25) is 0 Å². The highest BCUT2D eigenvalue weighted by Crippen LogP contribution is 2.36. The minimum absolute atomic E-state index is 0.173. The van der Waals surface area contributed by atoms with Crippen molar-refractivity contribution in [3.05, 3.63) is 58.5 Å². The van der Waals surface area contributed by atoms with Crippen molar-refractivity contribution in [2.24, 2.45) is 0 Å². The van der Waals surface area contributed by atoms with Gasteiger partial charge in [-0.25, -0.2) is 4.98 Å². The van der Waals surface area contributed by atoms with Gasteiger partial charge in [0.15, 0.2) is 5.13 Å². The van der Waals surface area contributed by atoms with E-state index in [9.17, 15) is 9.90 Å². The van der Waals surface area contributed by atoms with Gasteiger partial charge >= 0.3 is 0 Å². The van der Waals surface area contributed by atoms with Crippen molar-refractivity contribution >= 4 is 28.1 Å². The quantitative estimate of drug-likeness (QED) is 0.722. The summed E-state index contributed by atoms with van der Waals surface area (Å²) in [6.07, 6.45) is -0.173. The summed E-state index contributed by atoms with van der Waals surface area (Å²) in [5, 5.41) is 15.0. The minimum atomic E-state index is -1.12. The Morgan fingerprint density at radius 2 is 2.00 bits per heavy atom. The molecule has 1 aromatic heterocycles. The monoisotopic (exact) mass is 367 g/mol. The van der Waals surface area contributed by atoms with Gasteiger partial charge in [0.25, 0.3) is 0 Å². The van der Waals surface area contributed by atoms with Gasteiger partial charge in [-0.2, -0.15) is 0 Å². The third-order valence-corrected chi connectivity index (χ3v) is 4.96. The molecular weight excluding hydrogens is 348 g/mol. The molecule has 2 aromatic carbocycles. The number of carbonyl (C=O) groups is 1. The Labute approximate surface area is 156 Å². The van der Waals surface area contributed by atoms with Crippen LogP contribution in [0.3, 0.4) is 0 Å². The van der Waals surface area contributed by atoms with Crippen LogP contribution in [0.25, 0.3) is 11.3 Å². The number of carboxylic acids is 1. The van der Waals surface area contributed by atoms with Crippen molar-refractivity contribution in [1.29, 1.82) is 0 Å². The van der Waals surface area contributed by atoms with Crippen LogP contribution in [0.15, 0.2) is 42.5 Å². The van der Waals surface area contributed by atoms with Crippen molar-refractivity contribution in [2.45, 2.75) is 20.3 Å². The smallest absolute Gasteiger partial charge is 0.188 e. The number of thiazole rings is 1. The van der Waals surface area contributed by atoms with E-state index < -0.39 is 5.97 Å². The Kier molecular flexibility index (Phi) is 5.23. The molecule has 6 heteroatoms. The molecule has 3 rings (SSSR count). The molecule has 0 spiro atoms. The largest absolute Gasteiger partial charge is 0.550 e. The van der Waals surface area contributed by atoms with Gasteiger partial charge in [-0.3, -0.25) is 0 Å². The lowest BCUT2D eigenvalue weighted by Gasteiger charge is -2.08. The number of nitrogens with one attached hydrogen (secondary N) is 1. The predicted molar refractivity (Wildman–Crippen MR) is 102 cm³/mol. The lowest BCUT2D eigenvalue weighted by Crippen LogP contribution is -2.24. The van der Waals surface area contributed by atoms with Gasteiger partial charge < -0.3 is 20.0 Å². The molecule has 3 aromatic rings. The van der Waals surface area contributed by atoms with Crippen LogP contribution in [0.4, 0.5) is 10.8 Å². The lowest BCUT2D eigenvalue weighted by molar-refractivity contribution is -0.304. The summed E-state index contributed by atoms with van der Waals surface area (Å²) in [5.41, 5.74) is 4.58. The van der Waals surface area contributed by atoms with E-state index in [0.717, 1.165) is 22.4 Å². The number of rotatable bonds is 6. The highest BCUT2D eigenvalue weighted by atomic mass is 32.1. The van der Waals surface area contributed by atoms with Crippen LogP contribution in [-0.4, -0.2) is 18.1 Å². The first kappa shape index (κ1) is 17.9. The number of carboxylic acid groups (broad SMARTS) is 1. The fraction of sp³-hybridized carbons (Fsp3) is 0.200. The van der Waals surface area contributed by atoms with Gasteiger partial charge in [0.1, 0.15) is 5.75 Å². The Morgan fingerprint density at radius 3 is 2.69 bits per heavy atom. The molecule has 0 saturated carbocycles. The zero-order valence-electron chi connectivity index (χ0n) is 14.8. The number of benzene rings is 2. The maximum absolute atomic E-state index is 11.2. The molecule has 0 saturated heterocycles. The van der Waals surface area contributed by atoms with Gasteiger partial charge in [-0.05, 0) is 31.5 Å². The summed E-state index contributed by atoms with van der Waals surface area (Å²) in [6, 6.07) is 13.5. The van der Waals surface area contributed by atoms with Crippen LogP contribution < -0.4 is 15.2 Å². The zero-order valence-corrected chi connectivity index (χ0v) is 15.6. The van der Waals surface area contributed by atoms with Crippen LogP contribution in [0.1, 0.15) is 16.0 Å². The standard InChI is InChI=1S/C20H20N2O3S/c1-12-8-9-14(13(2)10-12)19-17(11-18(23)24)26-20(22-19)21-15-6-4-5-7-16(15)25-3/h4-10H,11H2,1-3H3,(H,21,22)(H,23,24)/p-1. The molecule has 26 heavy (non-hydrogen) atoms. The minimum Gasteiger partial charge on any atom is -0.550 e. The van der Waals surface area contributed by atoms with Gasteiger partial charge in [0.05, 0.1) is 18.5 Å². The first-order valence-corrected chi connectivity index (χ1v) is 8.97. The third-order valence-electron chi connectivity index (χ3n) is 3.99. The van der Waals surface area contributed by atoms with Crippen molar-refractivity contribution in [3.8, 4) is 17.0 Å². The van der Waals surface area contributed by atoms with E-state index >= 15 is 0 Å². The second kappa shape index (κ2) is 7.58. The summed E-state index contributed by atoms with van der Waals surface area (Å²) in [7, 11) is 1.60. The molecular formula is C20H19N2O3S-. The number of nitrogens with zero attached hydrogens (tertiary/aromatic N) is 1. The van der Waals surface area contributed by atoms with Crippen LogP contribution in [-0.2, 0) is 11.2 Å². The van der Waals surface area contributed by atoms with E-state index in [1.807, 2.05) is 50.2 Å². The molecule has 0 aliphatic heterocycles. The molecule has 1 heterocycles. The number of para-hydroxylation sites is 2. The van der Waals surface area contributed by atoms with E-state index in [1.165, 1.54) is 11.3 Å². The molecule has 5 nitrogen and oxygen atoms in total. The highest BCUT2D eigenvalue weighted by Gasteiger charge is 2.16. The Balaban J connectivity index is 2.03. The normalized spacial score (nSPS) is 10.6. The molecule has 0 amide bonds. The fourth-order valence-corrected chi connectivity index (χ4v) is 3.78. The number of aliphatic carboxylic acids is 1. The molecule has 0 unspecified atom stereocenters. The van der Waals surface area contributed by atoms with Crippen molar-refractivity contribution < 1.29 is 14.6 Å². The summed E-state index contributed by atoms with van der Waals surface area (Å²) in [4.78, 5) is 16.5. The second-order valence-electron chi connectivity index (χ2n) is 5.98. The Hall–Kier alpha value is -2.86. The van der Waals surface area contributed by atoms with Crippen LogP contribution in [0.5, 0.6) is 5.75 Å². The molecule has 0 aliphatic rings. The average molecular weight is 367 g/mol.